The van der Waals surface area contributed by atoms with Crippen LogP contribution in [0.4, 0.5) is 22.7 Å². The number of fused-ring (bicyclic) bond motifs is 3. The number of carbonyl (C=O) groups is 3. The molecule has 0 radical (unpaired) electrons. The Morgan fingerprint density at radius 3 is 2.53 bits per heavy atom. The van der Waals surface area contributed by atoms with Crippen LogP contribution in [0.3, 0.4) is 0 Å². The lowest BCUT2D eigenvalue weighted by atomic mass is 10.1. The molecule has 32 heavy (non-hydrogen) atoms. The second kappa shape index (κ2) is 7.96. The molecule has 0 saturated carbocycles. The number of anilines is 4. The van der Waals surface area contributed by atoms with Crippen molar-refractivity contribution >= 4 is 51.2 Å². The van der Waals surface area contributed by atoms with Crippen molar-refractivity contribution in [2.75, 3.05) is 15.5 Å². The van der Waals surface area contributed by atoms with E-state index in [1.165, 1.54) is 11.1 Å². The average Bonchev–Trinajstić information content (AvgIpc) is 2.95. The Balaban J connectivity index is 1.50. The van der Waals surface area contributed by atoms with Crippen LogP contribution in [0.2, 0.25) is 0 Å². The molecule has 1 aromatic heterocycles. The number of nitrogens with one attached hydrogen (secondary N) is 2. The summed E-state index contributed by atoms with van der Waals surface area (Å²) in [7, 11) is 0. The SMILES string of the molecule is O=C1CC(=O)N(c2ccc(NC(=O)c3cccnc3)cc2)c2ccc3ccccc3c2N1. The van der Waals surface area contributed by atoms with Crippen LogP contribution < -0.4 is 15.5 Å². The first kappa shape index (κ1) is 19.4. The van der Waals surface area contributed by atoms with E-state index in [9.17, 15) is 14.4 Å². The van der Waals surface area contributed by atoms with Crippen LogP contribution >= 0.6 is 0 Å². The van der Waals surface area contributed by atoms with Gasteiger partial charge in [-0.1, -0.05) is 30.3 Å². The zero-order chi connectivity index (χ0) is 22.1. The Morgan fingerprint density at radius 1 is 0.938 bits per heavy atom. The molecule has 2 heterocycles. The molecule has 0 fully saturated rings. The van der Waals surface area contributed by atoms with Gasteiger partial charge in [0.2, 0.25) is 11.8 Å². The molecular weight excluding hydrogens is 404 g/mol. The highest BCUT2D eigenvalue weighted by Gasteiger charge is 2.28. The second-order valence-corrected chi connectivity index (χ2v) is 7.38. The molecule has 7 nitrogen and oxygen atoms in total. The van der Waals surface area contributed by atoms with Crippen molar-refractivity contribution in [3.8, 4) is 0 Å². The van der Waals surface area contributed by atoms with Crippen LogP contribution in [-0.4, -0.2) is 22.7 Å². The second-order valence-electron chi connectivity index (χ2n) is 7.38. The van der Waals surface area contributed by atoms with E-state index in [1.54, 1.807) is 42.6 Å². The summed E-state index contributed by atoms with van der Waals surface area (Å²) in [5, 5.41) is 7.53. The molecule has 1 aliphatic heterocycles. The highest BCUT2D eigenvalue weighted by atomic mass is 16.2. The maximum atomic E-state index is 13.0. The molecular formula is C25H18N4O3. The molecule has 0 unspecified atom stereocenters. The van der Waals surface area contributed by atoms with E-state index in [2.05, 4.69) is 15.6 Å². The zero-order valence-corrected chi connectivity index (χ0v) is 16.9. The van der Waals surface area contributed by atoms with Gasteiger partial charge in [-0.2, -0.15) is 0 Å². The molecule has 0 saturated heterocycles. The molecule has 4 aromatic rings. The van der Waals surface area contributed by atoms with E-state index < -0.39 is 0 Å². The van der Waals surface area contributed by atoms with Gasteiger partial charge in [0, 0.05) is 29.2 Å². The third-order valence-corrected chi connectivity index (χ3v) is 5.28. The quantitative estimate of drug-likeness (QED) is 0.476. The number of pyridine rings is 1. The number of benzene rings is 3. The lowest BCUT2D eigenvalue weighted by Gasteiger charge is -2.23. The molecule has 7 heteroatoms. The minimum Gasteiger partial charge on any atom is -0.323 e. The van der Waals surface area contributed by atoms with Crippen molar-refractivity contribution in [3.63, 3.8) is 0 Å². The molecule has 2 N–H and O–H groups in total. The molecule has 0 atom stereocenters. The lowest BCUT2D eigenvalue weighted by Crippen LogP contribution is -2.26. The van der Waals surface area contributed by atoms with Gasteiger partial charge in [0.05, 0.1) is 16.9 Å². The maximum absolute atomic E-state index is 13.0. The van der Waals surface area contributed by atoms with Gasteiger partial charge < -0.3 is 10.6 Å². The minimum atomic E-state index is -0.351. The van der Waals surface area contributed by atoms with E-state index in [4.69, 9.17) is 0 Å². The summed E-state index contributed by atoms with van der Waals surface area (Å²) in [6.07, 6.45) is 2.83. The van der Waals surface area contributed by atoms with Gasteiger partial charge in [-0.3, -0.25) is 24.3 Å². The third-order valence-electron chi connectivity index (χ3n) is 5.28. The van der Waals surface area contributed by atoms with Gasteiger partial charge in [0.25, 0.3) is 5.91 Å². The molecule has 0 spiro atoms. The fourth-order valence-corrected chi connectivity index (χ4v) is 3.79. The molecule has 5 rings (SSSR count). The van der Waals surface area contributed by atoms with Crippen LogP contribution in [0.1, 0.15) is 16.8 Å². The van der Waals surface area contributed by atoms with Crippen molar-refractivity contribution < 1.29 is 14.4 Å². The maximum Gasteiger partial charge on any atom is 0.257 e. The van der Waals surface area contributed by atoms with E-state index in [0.717, 1.165) is 10.8 Å². The van der Waals surface area contributed by atoms with E-state index in [1.807, 2.05) is 36.4 Å². The van der Waals surface area contributed by atoms with Gasteiger partial charge in [0.15, 0.2) is 0 Å². The van der Waals surface area contributed by atoms with Crippen LogP contribution in [-0.2, 0) is 9.59 Å². The summed E-state index contributed by atoms with van der Waals surface area (Å²) in [5.74, 6) is -0.956. The molecule has 3 aromatic carbocycles. The van der Waals surface area contributed by atoms with Crippen LogP contribution in [0.15, 0.2) is 85.2 Å². The largest absolute Gasteiger partial charge is 0.323 e. The van der Waals surface area contributed by atoms with Crippen molar-refractivity contribution in [3.05, 3.63) is 90.8 Å². The number of hydrogen-bond donors (Lipinski definition) is 2. The average molecular weight is 422 g/mol. The fraction of sp³-hybridized carbons (Fsp3) is 0.0400. The van der Waals surface area contributed by atoms with Gasteiger partial charge in [-0.05, 0) is 47.9 Å². The third kappa shape index (κ3) is 3.56. The molecule has 156 valence electrons. The number of carbonyl (C=O) groups excluding carboxylic acids is 3. The Morgan fingerprint density at radius 2 is 1.75 bits per heavy atom. The normalized spacial score (nSPS) is 13.3. The Bertz CT molecular complexity index is 1350. The standard InChI is InChI=1S/C25H18N4O3/c30-22-14-23(31)29(21-12-7-16-4-1-2-6-20(16)24(21)28-22)19-10-8-18(9-11-19)27-25(32)17-5-3-13-26-15-17/h1-13,15H,14H2,(H,27,32)(H,28,30). The molecule has 0 aliphatic carbocycles. The monoisotopic (exact) mass is 422 g/mol. The molecule has 1 aliphatic rings. The lowest BCUT2D eigenvalue weighted by molar-refractivity contribution is -0.124. The molecule has 3 amide bonds. The first-order valence-corrected chi connectivity index (χ1v) is 10.1. The highest BCUT2D eigenvalue weighted by Crippen LogP contribution is 2.40. The van der Waals surface area contributed by atoms with Crippen molar-refractivity contribution in [1.82, 2.24) is 4.98 Å². The van der Waals surface area contributed by atoms with Crippen LogP contribution in [0.5, 0.6) is 0 Å². The number of rotatable bonds is 3. The van der Waals surface area contributed by atoms with Gasteiger partial charge >= 0.3 is 0 Å². The summed E-state index contributed by atoms with van der Waals surface area (Å²) in [6, 6.07) is 21.7. The van der Waals surface area contributed by atoms with E-state index in [0.29, 0.717) is 28.3 Å². The number of amides is 3. The Labute approximate surface area is 183 Å². The Kier molecular flexibility index (Phi) is 4.84. The first-order valence-electron chi connectivity index (χ1n) is 10.1. The van der Waals surface area contributed by atoms with E-state index >= 15 is 0 Å². The number of nitrogens with zero attached hydrogens (tertiary/aromatic N) is 2. The van der Waals surface area contributed by atoms with Crippen LogP contribution in [0.25, 0.3) is 10.8 Å². The van der Waals surface area contributed by atoms with Gasteiger partial charge in [-0.25, -0.2) is 0 Å². The smallest absolute Gasteiger partial charge is 0.257 e. The summed E-state index contributed by atoms with van der Waals surface area (Å²) in [5.41, 5.74) is 2.84. The summed E-state index contributed by atoms with van der Waals surface area (Å²) >= 11 is 0. The minimum absolute atomic E-state index is 0.261. The zero-order valence-electron chi connectivity index (χ0n) is 16.9. The predicted molar refractivity (Wildman–Crippen MR) is 123 cm³/mol. The fourth-order valence-electron chi connectivity index (χ4n) is 3.79. The van der Waals surface area contributed by atoms with Gasteiger partial charge in [-0.15, -0.1) is 0 Å². The van der Waals surface area contributed by atoms with Crippen molar-refractivity contribution in [1.29, 1.82) is 0 Å². The summed E-state index contributed by atoms with van der Waals surface area (Å²) < 4.78 is 0. The predicted octanol–water partition coefficient (Wildman–Crippen LogP) is 4.49. The number of aromatic nitrogens is 1. The van der Waals surface area contributed by atoms with Crippen molar-refractivity contribution in [2.24, 2.45) is 0 Å². The first-order chi connectivity index (χ1) is 15.6. The Hall–Kier alpha value is -4.52. The highest BCUT2D eigenvalue weighted by molar-refractivity contribution is 6.21. The van der Waals surface area contributed by atoms with Crippen molar-refractivity contribution in [2.45, 2.75) is 6.42 Å². The summed E-state index contributed by atoms with van der Waals surface area (Å²) in [4.78, 5) is 43.2. The molecule has 0 bridgehead atoms. The van der Waals surface area contributed by atoms with Crippen LogP contribution in [0, 0.1) is 0 Å². The topological polar surface area (TPSA) is 91.4 Å². The summed E-state index contributed by atoms with van der Waals surface area (Å²) in [6.45, 7) is 0. The number of hydrogen-bond acceptors (Lipinski definition) is 4. The van der Waals surface area contributed by atoms with E-state index in [-0.39, 0.29) is 24.1 Å². The van der Waals surface area contributed by atoms with Gasteiger partial charge in [0.1, 0.15) is 6.42 Å².